The average Bonchev–Trinajstić information content (AvgIpc) is 2.74. The summed E-state index contributed by atoms with van der Waals surface area (Å²) < 4.78 is 15.8. The second kappa shape index (κ2) is 4.55. The normalized spacial score (nSPS) is 11.1. The minimum absolute atomic E-state index is 0.230. The van der Waals surface area contributed by atoms with E-state index in [2.05, 4.69) is 32.6 Å². The number of hydrogen-bond donors (Lipinski definition) is 0. The summed E-state index contributed by atoms with van der Waals surface area (Å²) in [7, 11) is 0. The van der Waals surface area contributed by atoms with E-state index in [4.69, 9.17) is 0 Å². The predicted molar refractivity (Wildman–Crippen MR) is 80.3 cm³/mol. The molecule has 0 aliphatic carbocycles. The quantitative estimate of drug-likeness (QED) is 0.593. The fraction of sp³-hybridized carbons (Fsp3) is 0.0769. The molecular formula is C13H8FIN2S. The second-order valence-corrected chi connectivity index (χ2v) is 6.02. The SMILES string of the molecule is Cc1nccc2nc(-c3c(F)cccc3I)sc12. The molecular weight excluding hydrogens is 362 g/mol. The van der Waals surface area contributed by atoms with Gasteiger partial charge in [-0.25, -0.2) is 9.37 Å². The van der Waals surface area contributed by atoms with Gasteiger partial charge < -0.3 is 0 Å². The molecule has 2 nitrogen and oxygen atoms in total. The van der Waals surface area contributed by atoms with Gasteiger partial charge in [-0.2, -0.15) is 0 Å². The molecule has 2 aromatic heterocycles. The number of aromatic nitrogens is 2. The largest absolute Gasteiger partial charge is 0.260 e. The monoisotopic (exact) mass is 370 g/mol. The number of benzene rings is 1. The van der Waals surface area contributed by atoms with Gasteiger partial charge in [0.15, 0.2) is 0 Å². The molecule has 90 valence electrons. The third-order valence-corrected chi connectivity index (χ3v) is 4.76. The molecule has 0 fully saturated rings. The van der Waals surface area contributed by atoms with Crippen LogP contribution >= 0.6 is 33.9 Å². The Morgan fingerprint density at radius 3 is 2.83 bits per heavy atom. The lowest BCUT2D eigenvalue weighted by Gasteiger charge is -2.01. The Labute approximate surface area is 121 Å². The van der Waals surface area contributed by atoms with Crippen LogP contribution in [-0.2, 0) is 0 Å². The minimum atomic E-state index is -0.230. The van der Waals surface area contributed by atoms with E-state index in [1.54, 1.807) is 12.3 Å². The first-order valence-electron chi connectivity index (χ1n) is 5.33. The van der Waals surface area contributed by atoms with Crippen LogP contribution < -0.4 is 0 Å². The van der Waals surface area contributed by atoms with Gasteiger partial charge in [0.2, 0.25) is 0 Å². The van der Waals surface area contributed by atoms with E-state index in [9.17, 15) is 4.39 Å². The van der Waals surface area contributed by atoms with Crippen molar-refractivity contribution in [3.05, 3.63) is 45.5 Å². The highest BCUT2D eigenvalue weighted by atomic mass is 127. The van der Waals surface area contributed by atoms with E-state index in [0.717, 1.165) is 19.5 Å². The van der Waals surface area contributed by atoms with E-state index < -0.39 is 0 Å². The Hall–Kier alpha value is -1.08. The summed E-state index contributed by atoms with van der Waals surface area (Å²) in [5.41, 5.74) is 2.39. The molecule has 0 unspecified atom stereocenters. The molecule has 1 aromatic carbocycles. The van der Waals surface area contributed by atoms with Crippen molar-refractivity contribution in [1.82, 2.24) is 9.97 Å². The summed E-state index contributed by atoms with van der Waals surface area (Å²) in [6.45, 7) is 1.94. The first-order valence-corrected chi connectivity index (χ1v) is 7.23. The maximum Gasteiger partial charge on any atom is 0.134 e. The van der Waals surface area contributed by atoms with Crippen molar-refractivity contribution >= 4 is 44.1 Å². The highest BCUT2D eigenvalue weighted by Gasteiger charge is 2.14. The summed E-state index contributed by atoms with van der Waals surface area (Å²) in [4.78, 5) is 8.73. The highest BCUT2D eigenvalue weighted by molar-refractivity contribution is 14.1. The van der Waals surface area contributed by atoms with Crippen molar-refractivity contribution < 1.29 is 4.39 Å². The lowest BCUT2D eigenvalue weighted by atomic mass is 10.2. The first kappa shape index (κ1) is 12.0. The number of fused-ring (bicyclic) bond motifs is 1. The molecule has 3 aromatic rings. The van der Waals surface area contributed by atoms with Crippen molar-refractivity contribution in [3.8, 4) is 10.6 Å². The maximum absolute atomic E-state index is 13.9. The van der Waals surface area contributed by atoms with E-state index in [1.807, 2.05) is 19.1 Å². The molecule has 0 aliphatic heterocycles. The van der Waals surface area contributed by atoms with Crippen LogP contribution in [-0.4, -0.2) is 9.97 Å². The topological polar surface area (TPSA) is 25.8 Å². The molecule has 0 amide bonds. The van der Waals surface area contributed by atoms with Gasteiger partial charge in [0.25, 0.3) is 0 Å². The van der Waals surface area contributed by atoms with Crippen LogP contribution in [0.4, 0.5) is 4.39 Å². The number of aryl methyl sites for hydroxylation is 1. The number of pyridine rings is 1. The fourth-order valence-corrected chi connectivity index (χ4v) is 3.76. The van der Waals surface area contributed by atoms with Crippen molar-refractivity contribution in [1.29, 1.82) is 0 Å². The standard InChI is InChI=1S/C13H8FIN2S/c1-7-12-10(5-6-16-7)17-13(18-12)11-8(14)3-2-4-9(11)15/h2-6H,1H3. The van der Waals surface area contributed by atoms with Crippen LogP contribution in [0.1, 0.15) is 5.69 Å². The van der Waals surface area contributed by atoms with Gasteiger partial charge in [0.05, 0.1) is 21.5 Å². The Morgan fingerprint density at radius 1 is 1.28 bits per heavy atom. The third kappa shape index (κ3) is 1.91. The third-order valence-electron chi connectivity index (χ3n) is 2.66. The minimum Gasteiger partial charge on any atom is -0.260 e. The maximum atomic E-state index is 13.9. The van der Waals surface area contributed by atoms with Gasteiger partial charge in [-0.05, 0) is 47.7 Å². The summed E-state index contributed by atoms with van der Waals surface area (Å²) in [6, 6.07) is 6.92. The average molecular weight is 370 g/mol. The van der Waals surface area contributed by atoms with Crippen LogP contribution in [0.5, 0.6) is 0 Å². The van der Waals surface area contributed by atoms with Crippen LogP contribution in [0.2, 0.25) is 0 Å². The lowest BCUT2D eigenvalue weighted by Crippen LogP contribution is -1.87. The Kier molecular flexibility index (Phi) is 3.03. The molecule has 0 radical (unpaired) electrons. The zero-order valence-corrected chi connectivity index (χ0v) is 12.4. The van der Waals surface area contributed by atoms with Crippen LogP contribution in [0, 0.1) is 16.3 Å². The Balaban J connectivity index is 2.30. The van der Waals surface area contributed by atoms with E-state index in [0.29, 0.717) is 10.6 Å². The van der Waals surface area contributed by atoms with E-state index >= 15 is 0 Å². The molecule has 18 heavy (non-hydrogen) atoms. The fourth-order valence-electron chi connectivity index (χ4n) is 1.79. The summed E-state index contributed by atoms with van der Waals surface area (Å²) in [6.07, 6.45) is 1.73. The molecule has 0 spiro atoms. The zero-order chi connectivity index (χ0) is 12.7. The molecule has 0 saturated carbocycles. The van der Waals surface area contributed by atoms with Gasteiger partial charge in [0.1, 0.15) is 10.8 Å². The Bertz CT molecular complexity index is 719. The Morgan fingerprint density at radius 2 is 2.11 bits per heavy atom. The van der Waals surface area contributed by atoms with Crippen molar-refractivity contribution in [2.75, 3.05) is 0 Å². The molecule has 5 heteroatoms. The highest BCUT2D eigenvalue weighted by Crippen LogP contribution is 2.35. The van der Waals surface area contributed by atoms with Crippen molar-refractivity contribution in [2.24, 2.45) is 0 Å². The van der Waals surface area contributed by atoms with Gasteiger partial charge >= 0.3 is 0 Å². The van der Waals surface area contributed by atoms with Crippen molar-refractivity contribution in [3.63, 3.8) is 0 Å². The summed E-state index contributed by atoms with van der Waals surface area (Å²) >= 11 is 3.62. The summed E-state index contributed by atoms with van der Waals surface area (Å²) in [5.74, 6) is -0.230. The van der Waals surface area contributed by atoms with Crippen LogP contribution in [0.25, 0.3) is 20.8 Å². The molecule has 3 rings (SSSR count). The van der Waals surface area contributed by atoms with Crippen LogP contribution in [0.15, 0.2) is 30.5 Å². The van der Waals surface area contributed by atoms with Gasteiger partial charge in [-0.3, -0.25) is 4.98 Å². The molecule has 0 bridgehead atoms. The van der Waals surface area contributed by atoms with E-state index in [1.165, 1.54) is 17.4 Å². The van der Waals surface area contributed by atoms with E-state index in [-0.39, 0.29) is 5.82 Å². The zero-order valence-electron chi connectivity index (χ0n) is 9.45. The molecule has 0 N–H and O–H groups in total. The predicted octanol–water partition coefficient (Wildman–Crippen LogP) is 4.41. The van der Waals surface area contributed by atoms with Gasteiger partial charge in [-0.1, -0.05) is 6.07 Å². The number of hydrogen-bond acceptors (Lipinski definition) is 3. The van der Waals surface area contributed by atoms with Gasteiger partial charge in [0, 0.05) is 9.77 Å². The number of nitrogens with zero attached hydrogens (tertiary/aromatic N) is 2. The lowest BCUT2D eigenvalue weighted by molar-refractivity contribution is 0.630. The molecule has 0 atom stereocenters. The first-order chi connectivity index (χ1) is 8.66. The molecule has 0 aliphatic rings. The van der Waals surface area contributed by atoms with Crippen LogP contribution in [0.3, 0.4) is 0 Å². The number of thiazole rings is 1. The molecule has 0 saturated heterocycles. The molecule has 2 heterocycles. The summed E-state index contributed by atoms with van der Waals surface area (Å²) in [5, 5.41) is 0.712. The smallest absolute Gasteiger partial charge is 0.134 e. The van der Waals surface area contributed by atoms with Gasteiger partial charge in [-0.15, -0.1) is 11.3 Å². The van der Waals surface area contributed by atoms with Crippen molar-refractivity contribution in [2.45, 2.75) is 6.92 Å². The second-order valence-electron chi connectivity index (χ2n) is 3.86. The number of halogens is 2. The number of rotatable bonds is 1.